The Bertz CT molecular complexity index is 1140. The third-order valence-corrected chi connectivity index (χ3v) is 6.63. The van der Waals surface area contributed by atoms with E-state index in [1.165, 1.54) is 12.1 Å². The minimum absolute atomic E-state index is 0.0926. The summed E-state index contributed by atoms with van der Waals surface area (Å²) in [5.74, 6) is -1.58. The predicted octanol–water partition coefficient (Wildman–Crippen LogP) is 0.918. The number of aliphatic hydroxyl groups excluding tert-OH is 2. The standard InChI is InChI=1S/C25H28N2O7/c1-15(6-7-16-8-9-27-20(26)12-16)17(14-29)13-24-21(30)18-4-2-3-5-19(18)22(31)25(24,34-24)23(32)33-11-10-28/h2-5,8,12,27-29H,6-7,9-11,13-14,26H2,1H3/b17-15-/t24-,25-/m0/s1. The highest BCUT2D eigenvalue weighted by atomic mass is 16.7. The van der Waals surface area contributed by atoms with Gasteiger partial charge in [-0.25, -0.2) is 4.79 Å². The van der Waals surface area contributed by atoms with Gasteiger partial charge in [-0.15, -0.1) is 0 Å². The van der Waals surface area contributed by atoms with Crippen molar-refractivity contribution in [1.29, 1.82) is 0 Å². The largest absolute Gasteiger partial charge is 0.461 e. The third-order valence-electron chi connectivity index (χ3n) is 6.63. The van der Waals surface area contributed by atoms with E-state index in [2.05, 4.69) is 5.32 Å². The van der Waals surface area contributed by atoms with E-state index in [0.29, 0.717) is 30.8 Å². The van der Waals surface area contributed by atoms with Gasteiger partial charge in [-0.05, 0) is 37.0 Å². The zero-order valence-electron chi connectivity index (χ0n) is 18.9. The van der Waals surface area contributed by atoms with Crippen LogP contribution >= 0.6 is 0 Å². The molecule has 1 saturated heterocycles. The van der Waals surface area contributed by atoms with Crippen LogP contribution in [0.1, 0.15) is 46.9 Å². The molecule has 0 aromatic heterocycles. The number of hydrogen-bond acceptors (Lipinski definition) is 9. The number of epoxide rings is 1. The zero-order chi connectivity index (χ0) is 24.5. The lowest BCUT2D eigenvalue weighted by Crippen LogP contribution is -2.51. The van der Waals surface area contributed by atoms with Crippen molar-refractivity contribution in [1.82, 2.24) is 5.32 Å². The number of Topliss-reactive ketones (excluding diaryl/α,β-unsaturated/α-hetero) is 2. The number of nitrogens with two attached hydrogens (primary N) is 1. The van der Waals surface area contributed by atoms with E-state index in [-0.39, 0.29) is 30.8 Å². The number of esters is 1. The summed E-state index contributed by atoms with van der Waals surface area (Å²) in [7, 11) is 0. The maximum Gasteiger partial charge on any atom is 0.350 e. The quantitative estimate of drug-likeness (QED) is 0.179. The van der Waals surface area contributed by atoms with Gasteiger partial charge in [0.1, 0.15) is 6.61 Å². The fourth-order valence-electron chi connectivity index (χ4n) is 4.67. The number of hydrogen-bond donors (Lipinski definition) is 4. The van der Waals surface area contributed by atoms with Gasteiger partial charge in [0.25, 0.3) is 5.60 Å². The first-order chi connectivity index (χ1) is 16.3. The average molecular weight is 469 g/mol. The van der Waals surface area contributed by atoms with Crippen molar-refractivity contribution >= 4 is 17.5 Å². The summed E-state index contributed by atoms with van der Waals surface area (Å²) in [5.41, 5.74) is 4.57. The Labute approximate surface area is 196 Å². The molecular weight excluding hydrogens is 440 g/mol. The number of ether oxygens (including phenoxy) is 2. The van der Waals surface area contributed by atoms with E-state index in [1.807, 2.05) is 19.1 Å². The van der Waals surface area contributed by atoms with E-state index in [4.69, 9.17) is 20.3 Å². The van der Waals surface area contributed by atoms with Gasteiger partial charge in [-0.3, -0.25) is 9.59 Å². The number of carbonyl (C=O) groups excluding carboxylic acids is 3. The van der Waals surface area contributed by atoms with Crippen molar-refractivity contribution in [3.8, 4) is 0 Å². The molecule has 4 rings (SSSR count). The molecule has 34 heavy (non-hydrogen) atoms. The second-order valence-corrected chi connectivity index (χ2v) is 8.65. The van der Waals surface area contributed by atoms with Gasteiger partial charge in [-0.2, -0.15) is 0 Å². The summed E-state index contributed by atoms with van der Waals surface area (Å²) >= 11 is 0. The van der Waals surface area contributed by atoms with Crippen molar-refractivity contribution < 1.29 is 34.1 Å². The molecule has 0 amide bonds. The SMILES string of the molecule is C/C(CCC1=CCNC(N)=C1)=C(/CO)C[C@@]12O[C@]1(C(=O)OCCO)C(=O)c1ccccc1C2=O. The van der Waals surface area contributed by atoms with Crippen molar-refractivity contribution in [3.05, 3.63) is 70.1 Å². The molecule has 180 valence electrons. The van der Waals surface area contributed by atoms with E-state index in [0.717, 1.165) is 11.1 Å². The van der Waals surface area contributed by atoms with E-state index < -0.39 is 35.3 Å². The highest BCUT2D eigenvalue weighted by Gasteiger charge is 2.85. The number of ketones is 2. The van der Waals surface area contributed by atoms with Crippen LogP contribution in [0.4, 0.5) is 0 Å². The Kier molecular flexibility index (Phi) is 6.44. The topological polar surface area (TPSA) is 151 Å². The van der Waals surface area contributed by atoms with Crippen LogP contribution in [0.3, 0.4) is 0 Å². The van der Waals surface area contributed by atoms with Crippen LogP contribution in [-0.4, -0.2) is 65.3 Å². The zero-order valence-corrected chi connectivity index (χ0v) is 18.9. The van der Waals surface area contributed by atoms with Crippen LogP contribution < -0.4 is 11.1 Å². The summed E-state index contributed by atoms with van der Waals surface area (Å²) in [6, 6.07) is 6.24. The Morgan fingerprint density at radius 1 is 1.21 bits per heavy atom. The minimum Gasteiger partial charge on any atom is -0.461 e. The fraction of sp³-hybridized carbons (Fsp3) is 0.400. The molecule has 2 atom stereocenters. The van der Waals surface area contributed by atoms with Crippen molar-refractivity contribution in [2.45, 2.75) is 37.4 Å². The molecule has 9 nitrogen and oxygen atoms in total. The van der Waals surface area contributed by atoms with Gasteiger partial charge >= 0.3 is 5.97 Å². The second-order valence-electron chi connectivity index (χ2n) is 8.65. The predicted molar refractivity (Wildman–Crippen MR) is 122 cm³/mol. The highest BCUT2D eigenvalue weighted by Crippen LogP contribution is 2.59. The Balaban J connectivity index is 1.66. The summed E-state index contributed by atoms with van der Waals surface area (Å²) in [6.07, 6.45) is 5.00. The average Bonchev–Trinajstić information content (AvgIpc) is 3.54. The van der Waals surface area contributed by atoms with E-state index >= 15 is 0 Å². The van der Waals surface area contributed by atoms with Crippen LogP contribution in [0.2, 0.25) is 0 Å². The minimum atomic E-state index is -2.12. The molecule has 9 heteroatoms. The van der Waals surface area contributed by atoms with Gasteiger partial charge < -0.3 is 30.7 Å². The lowest BCUT2D eigenvalue weighted by atomic mass is 9.71. The van der Waals surface area contributed by atoms with Crippen LogP contribution in [0.25, 0.3) is 0 Å². The molecule has 5 N–H and O–H groups in total. The molecule has 2 heterocycles. The van der Waals surface area contributed by atoms with Crippen LogP contribution in [0.5, 0.6) is 0 Å². The van der Waals surface area contributed by atoms with Gasteiger partial charge in [0.15, 0.2) is 11.4 Å². The molecule has 1 aromatic rings. The number of dihydropyridines is 1. The van der Waals surface area contributed by atoms with Crippen molar-refractivity contribution in [3.63, 3.8) is 0 Å². The number of carbonyl (C=O) groups is 3. The van der Waals surface area contributed by atoms with Crippen LogP contribution in [-0.2, 0) is 14.3 Å². The van der Waals surface area contributed by atoms with Crippen LogP contribution in [0, 0.1) is 0 Å². The van der Waals surface area contributed by atoms with Gasteiger partial charge in [-0.1, -0.05) is 35.9 Å². The Morgan fingerprint density at radius 3 is 2.56 bits per heavy atom. The highest BCUT2D eigenvalue weighted by molar-refractivity contribution is 6.32. The maximum absolute atomic E-state index is 13.5. The number of allylic oxidation sites excluding steroid dienone is 3. The Hall–Kier alpha value is -3.27. The summed E-state index contributed by atoms with van der Waals surface area (Å²) in [5, 5.41) is 22.2. The van der Waals surface area contributed by atoms with Crippen molar-refractivity contribution in [2.24, 2.45) is 5.73 Å². The van der Waals surface area contributed by atoms with E-state index in [1.54, 1.807) is 12.1 Å². The first kappa shape index (κ1) is 23.9. The molecule has 1 aliphatic carbocycles. The summed E-state index contributed by atoms with van der Waals surface area (Å²) < 4.78 is 10.8. The molecule has 0 radical (unpaired) electrons. The first-order valence-corrected chi connectivity index (χ1v) is 11.2. The number of fused-ring (bicyclic) bond motifs is 2. The molecule has 3 aliphatic rings. The maximum atomic E-state index is 13.5. The van der Waals surface area contributed by atoms with Gasteiger partial charge in [0.05, 0.1) is 19.0 Å². The molecule has 0 bridgehead atoms. The fourth-order valence-corrected chi connectivity index (χ4v) is 4.67. The van der Waals surface area contributed by atoms with Crippen molar-refractivity contribution in [2.75, 3.05) is 26.4 Å². The normalized spacial score (nSPS) is 25.9. The molecule has 0 spiro atoms. The summed E-state index contributed by atoms with van der Waals surface area (Å²) in [6.45, 7) is 1.36. The smallest absolute Gasteiger partial charge is 0.350 e. The molecular formula is C25H28N2O7. The molecule has 0 unspecified atom stereocenters. The molecule has 1 fully saturated rings. The number of nitrogens with one attached hydrogen (secondary N) is 1. The van der Waals surface area contributed by atoms with Crippen LogP contribution in [0.15, 0.2) is 59.0 Å². The molecule has 0 saturated carbocycles. The third kappa shape index (κ3) is 3.75. The lowest BCUT2D eigenvalue weighted by molar-refractivity contribution is -0.149. The lowest BCUT2D eigenvalue weighted by Gasteiger charge is -2.25. The Morgan fingerprint density at radius 2 is 1.91 bits per heavy atom. The van der Waals surface area contributed by atoms with E-state index in [9.17, 15) is 19.5 Å². The van der Waals surface area contributed by atoms with Gasteiger partial charge in [0, 0.05) is 24.1 Å². The first-order valence-electron chi connectivity index (χ1n) is 11.2. The molecule has 1 aromatic carbocycles. The second kappa shape index (κ2) is 9.17. The van der Waals surface area contributed by atoms with Gasteiger partial charge in [0.2, 0.25) is 5.78 Å². The summed E-state index contributed by atoms with van der Waals surface area (Å²) in [4.78, 5) is 39.9. The molecule has 2 aliphatic heterocycles. The number of benzene rings is 1. The number of aliphatic hydroxyl groups is 2. The number of rotatable bonds is 9. The monoisotopic (exact) mass is 468 g/mol.